The molecule has 0 saturated carbocycles. The molecular weight excluding hydrogens is 408 g/mol. The van der Waals surface area contributed by atoms with E-state index in [1.807, 2.05) is 17.5 Å². The Kier molecular flexibility index (Phi) is 4.98. The summed E-state index contributed by atoms with van der Waals surface area (Å²) in [5.41, 5.74) is 0.970. The number of aliphatic imine (C=N–C) groups is 1. The maximum atomic E-state index is 13.2. The van der Waals surface area contributed by atoms with Crippen LogP contribution in [0.4, 0.5) is 5.69 Å². The van der Waals surface area contributed by atoms with Crippen molar-refractivity contribution in [2.75, 3.05) is 0 Å². The van der Waals surface area contributed by atoms with Gasteiger partial charge in [-0.15, -0.1) is 11.3 Å². The van der Waals surface area contributed by atoms with Crippen LogP contribution >= 0.6 is 11.3 Å². The molecule has 1 aromatic heterocycles. The molecule has 154 valence electrons. The summed E-state index contributed by atoms with van der Waals surface area (Å²) in [4.78, 5) is 41.4. The normalized spacial score (nSPS) is 23.7. The summed E-state index contributed by atoms with van der Waals surface area (Å²) in [5.74, 6) is -3.90. The number of hydrogen-bond acceptors (Lipinski definition) is 7. The first-order chi connectivity index (χ1) is 14.3. The monoisotopic (exact) mass is 426 g/mol. The number of carbonyl (C=O) groups excluding carboxylic acids is 1. The molecular formula is C21H18N2O6S. The third-order valence-corrected chi connectivity index (χ3v) is 6.69. The van der Waals surface area contributed by atoms with E-state index in [2.05, 4.69) is 4.99 Å². The Hall–Kier alpha value is -3.33. The maximum Gasteiger partial charge on any atom is 0.313 e. The zero-order chi connectivity index (χ0) is 21.6. The van der Waals surface area contributed by atoms with Gasteiger partial charge in [0.05, 0.1) is 4.92 Å². The topological polar surface area (TPSA) is 130 Å². The van der Waals surface area contributed by atoms with Gasteiger partial charge in [-0.1, -0.05) is 12.1 Å². The van der Waals surface area contributed by atoms with Crippen molar-refractivity contribution in [2.45, 2.75) is 31.6 Å². The fourth-order valence-corrected chi connectivity index (χ4v) is 5.18. The van der Waals surface area contributed by atoms with Gasteiger partial charge in [0.15, 0.2) is 11.5 Å². The number of phenolic OH excluding ortho intramolecular Hbond substituents is 1. The maximum absolute atomic E-state index is 13.2. The number of hydrogen-bond donors (Lipinski definition) is 2. The van der Waals surface area contributed by atoms with Gasteiger partial charge in [0, 0.05) is 46.2 Å². The molecule has 2 aromatic rings. The molecule has 3 unspecified atom stereocenters. The Labute approximate surface area is 175 Å². The molecule has 4 rings (SSSR count). The molecule has 3 atom stereocenters. The first-order valence-corrected chi connectivity index (χ1v) is 10.2. The highest BCUT2D eigenvalue weighted by atomic mass is 32.1. The summed E-state index contributed by atoms with van der Waals surface area (Å²) in [5, 5.41) is 32.9. The molecule has 9 heteroatoms. The van der Waals surface area contributed by atoms with Crippen molar-refractivity contribution in [1.82, 2.24) is 0 Å². The highest BCUT2D eigenvalue weighted by molar-refractivity contribution is 7.10. The van der Waals surface area contributed by atoms with Crippen molar-refractivity contribution in [1.29, 1.82) is 0 Å². The predicted molar refractivity (Wildman–Crippen MR) is 110 cm³/mol. The van der Waals surface area contributed by atoms with E-state index in [0.717, 1.165) is 17.0 Å². The van der Waals surface area contributed by atoms with Gasteiger partial charge in [0.2, 0.25) is 0 Å². The SMILES string of the molecule is CC1=NC2=C(C(=O)CC(c3cccs3)C2)C(c2ccc(O)c([N+](=O)[O-])c2)C1C(=O)O. The first-order valence-electron chi connectivity index (χ1n) is 9.32. The fourth-order valence-electron chi connectivity index (χ4n) is 4.34. The van der Waals surface area contributed by atoms with E-state index >= 15 is 0 Å². The molecule has 30 heavy (non-hydrogen) atoms. The van der Waals surface area contributed by atoms with Gasteiger partial charge in [0.25, 0.3) is 0 Å². The molecule has 0 spiro atoms. The molecule has 1 aliphatic heterocycles. The third-order valence-electron chi connectivity index (χ3n) is 5.66. The number of benzene rings is 1. The molecule has 1 aliphatic carbocycles. The molecule has 1 aromatic carbocycles. The summed E-state index contributed by atoms with van der Waals surface area (Å²) < 4.78 is 0. The Morgan fingerprint density at radius 2 is 2.07 bits per heavy atom. The zero-order valence-corrected chi connectivity index (χ0v) is 16.8. The smallest absolute Gasteiger partial charge is 0.313 e. The van der Waals surface area contributed by atoms with E-state index in [1.54, 1.807) is 18.3 Å². The summed E-state index contributed by atoms with van der Waals surface area (Å²) in [6.07, 6.45) is 0.735. The van der Waals surface area contributed by atoms with E-state index in [-0.39, 0.29) is 18.1 Å². The van der Waals surface area contributed by atoms with Gasteiger partial charge >= 0.3 is 11.7 Å². The second kappa shape index (κ2) is 7.49. The Morgan fingerprint density at radius 3 is 2.70 bits per heavy atom. The van der Waals surface area contributed by atoms with Crippen molar-refractivity contribution in [3.63, 3.8) is 0 Å². The van der Waals surface area contributed by atoms with Gasteiger partial charge in [0.1, 0.15) is 5.92 Å². The zero-order valence-electron chi connectivity index (χ0n) is 15.9. The highest BCUT2D eigenvalue weighted by Gasteiger charge is 2.44. The molecule has 0 bridgehead atoms. The number of rotatable bonds is 4. The van der Waals surface area contributed by atoms with Gasteiger partial charge in [-0.2, -0.15) is 0 Å². The molecule has 2 heterocycles. The number of thiophene rings is 1. The number of allylic oxidation sites excluding steroid dienone is 2. The van der Waals surface area contributed by atoms with Gasteiger partial charge in [-0.05, 0) is 36.4 Å². The van der Waals surface area contributed by atoms with Crippen LogP contribution in [0.25, 0.3) is 0 Å². The van der Waals surface area contributed by atoms with Crippen LogP contribution in [0, 0.1) is 16.0 Å². The average Bonchev–Trinajstić information content (AvgIpc) is 3.21. The van der Waals surface area contributed by atoms with Crippen LogP contribution in [-0.4, -0.2) is 32.6 Å². The lowest BCUT2D eigenvalue weighted by Crippen LogP contribution is -2.37. The molecule has 0 radical (unpaired) electrons. The Bertz CT molecular complexity index is 1120. The van der Waals surface area contributed by atoms with Crippen LogP contribution in [0.1, 0.15) is 42.0 Å². The highest BCUT2D eigenvalue weighted by Crippen LogP contribution is 2.48. The number of nitro benzene ring substituents is 1. The number of carboxylic acids is 1. The molecule has 0 fully saturated rings. The van der Waals surface area contributed by atoms with Crippen LogP contribution in [0.5, 0.6) is 5.75 Å². The van der Waals surface area contributed by atoms with Crippen molar-refractivity contribution < 1.29 is 24.7 Å². The van der Waals surface area contributed by atoms with Crippen molar-refractivity contribution in [2.24, 2.45) is 10.9 Å². The van der Waals surface area contributed by atoms with E-state index in [1.165, 1.54) is 6.07 Å². The lowest BCUT2D eigenvalue weighted by Gasteiger charge is -2.35. The molecule has 8 nitrogen and oxygen atoms in total. The standard InChI is InChI=1S/C21H18N2O6S/c1-10-18(21(26)27)19(11-4-5-15(24)14(8-11)23(28)29)20-13(22-10)7-12(9-16(20)25)17-3-2-6-30-17/h2-6,8,12,18-19,24H,7,9H2,1H3,(H,26,27). The number of phenols is 1. The lowest BCUT2D eigenvalue weighted by atomic mass is 9.70. The quantitative estimate of drug-likeness (QED) is 0.561. The third kappa shape index (κ3) is 3.30. The van der Waals surface area contributed by atoms with Crippen molar-refractivity contribution in [3.8, 4) is 5.75 Å². The minimum atomic E-state index is -1.16. The molecule has 2 N–H and O–H groups in total. The van der Waals surface area contributed by atoms with Crippen molar-refractivity contribution in [3.05, 3.63) is 67.5 Å². The summed E-state index contributed by atoms with van der Waals surface area (Å²) in [6.45, 7) is 1.60. The number of aliphatic carboxylic acids is 1. The number of nitro groups is 1. The van der Waals surface area contributed by atoms with Gasteiger partial charge in [-0.25, -0.2) is 0 Å². The number of aromatic hydroxyl groups is 1. The van der Waals surface area contributed by atoms with Crippen LogP contribution in [0.15, 0.2) is 52.0 Å². The molecule has 2 aliphatic rings. The second-order valence-corrected chi connectivity index (χ2v) is 8.44. The second-order valence-electron chi connectivity index (χ2n) is 7.46. The summed E-state index contributed by atoms with van der Waals surface area (Å²) >= 11 is 1.56. The number of ketones is 1. The summed E-state index contributed by atoms with van der Waals surface area (Å²) in [7, 11) is 0. The van der Waals surface area contributed by atoms with E-state index in [9.17, 15) is 29.9 Å². The summed E-state index contributed by atoms with van der Waals surface area (Å²) in [6, 6.07) is 7.63. The minimum Gasteiger partial charge on any atom is -0.502 e. The molecule has 0 saturated heterocycles. The van der Waals surface area contributed by atoms with E-state index < -0.39 is 34.2 Å². The number of Topliss-reactive ketones (excluding diaryl/α,β-unsaturated/α-hetero) is 1. The number of carbonyl (C=O) groups is 2. The van der Waals surface area contributed by atoms with Crippen LogP contribution in [0.3, 0.4) is 0 Å². The average molecular weight is 426 g/mol. The Balaban J connectivity index is 1.86. The van der Waals surface area contributed by atoms with Crippen LogP contribution < -0.4 is 0 Å². The van der Waals surface area contributed by atoms with E-state index in [0.29, 0.717) is 29.0 Å². The predicted octanol–water partition coefficient (Wildman–Crippen LogP) is 4.02. The van der Waals surface area contributed by atoms with Crippen LogP contribution in [-0.2, 0) is 9.59 Å². The van der Waals surface area contributed by atoms with Gasteiger partial charge < -0.3 is 10.2 Å². The minimum absolute atomic E-state index is 0.0241. The number of nitrogens with zero attached hydrogens (tertiary/aromatic N) is 2. The number of carboxylic acid groups (broad SMARTS) is 1. The largest absolute Gasteiger partial charge is 0.502 e. The Morgan fingerprint density at radius 1 is 1.30 bits per heavy atom. The van der Waals surface area contributed by atoms with E-state index in [4.69, 9.17) is 0 Å². The molecule has 0 amide bonds. The van der Waals surface area contributed by atoms with Crippen LogP contribution in [0.2, 0.25) is 0 Å². The lowest BCUT2D eigenvalue weighted by molar-refractivity contribution is -0.385. The fraction of sp³-hybridized carbons (Fsp3) is 0.286. The van der Waals surface area contributed by atoms with Gasteiger partial charge in [-0.3, -0.25) is 24.7 Å². The first kappa shape index (κ1) is 20.0. The van der Waals surface area contributed by atoms with Crippen molar-refractivity contribution >= 4 is 34.5 Å².